The number of unbranched alkanes of at least 4 members (excludes halogenated alkanes) is 1. The van der Waals surface area contributed by atoms with Crippen LogP contribution in [0, 0.1) is 17.8 Å². The van der Waals surface area contributed by atoms with E-state index in [0.717, 1.165) is 42.9 Å². The van der Waals surface area contributed by atoms with Crippen LogP contribution in [0.15, 0.2) is 60.3 Å². The second-order valence-corrected chi connectivity index (χ2v) is 13.4. The molecule has 1 aliphatic carbocycles. The molecule has 3 fully saturated rings. The minimum Gasteiger partial charge on any atom is -0.851 e. The third-order valence-corrected chi connectivity index (χ3v) is 10.6. The van der Waals surface area contributed by atoms with Crippen molar-refractivity contribution in [1.82, 2.24) is 5.43 Å². The molecule has 0 bridgehead atoms. The van der Waals surface area contributed by atoms with Crippen LogP contribution in [0.4, 0.5) is 11.4 Å². The standard InChI is InChI=1S/C31H39ClN3O3.Al.H/c1-5-7-16-34-24-15-14-19(32)17-22(24)31(3,4)25(34)18-21-28(36)27(29(21)37)26-23(11-6-2)33-35(30(26)38)20-12-9-8-10-13-20;;/h8-10,12-15,17-18,21,23,26-30,33H,5-7,11,16H2,1-4H3;;/q-3;+2;. The Morgan fingerprint density at radius 2 is 1.87 bits per heavy atom. The zero-order valence-corrected chi connectivity index (χ0v) is 25.6. The number of fused-ring (bicyclic) bond motifs is 4. The highest BCUT2D eigenvalue weighted by atomic mass is 35.5. The van der Waals surface area contributed by atoms with Crippen molar-refractivity contribution in [2.75, 3.05) is 16.5 Å². The van der Waals surface area contributed by atoms with Gasteiger partial charge in [0.15, 0.2) is 0 Å². The molecule has 7 unspecified atom stereocenters. The molecule has 0 radical (unpaired) electrons. The van der Waals surface area contributed by atoms with Crippen molar-refractivity contribution in [3.63, 3.8) is 0 Å². The lowest BCUT2D eigenvalue weighted by Crippen LogP contribution is -2.66. The summed E-state index contributed by atoms with van der Waals surface area (Å²) in [4.78, 5) is 2.43. The van der Waals surface area contributed by atoms with Crippen LogP contribution in [-0.2, 0) is 13.0 Å². The van der Waals surface area contributed by atoms with E-state index in [1.807, 2.05) is 24.3 Å². The van der Waals surface area contributed by atoms with Gasteiger partial charge in [-0.15, -0.1) is 6.10 Å². The van der Waals surface area contributed by atoms with Crippen molar-refractivity contribution in [2.24, 2.45) is 17.8 Å². The Kier molecular flexibility index (Phi) is 7.80. The van der Waals surface area contributed by atoms with Gasteiger partial charge in [-0.3, -0.25) is 5.01 Å². The molecule has 2 saturated heterocycles. The van der Waals surface area contributed by atoms with Gasteiger partial charge in [-0.2, -0.15) is 0 Å². The largest absolute Gasteiger partial charge is 0.851 e. The summed E-state index contributed by atoms with van der Waals surface area (Å²) in [5.41, 5.74) is 8.24. The first-order valence-corrected chi connectivity index (χ1v) is 16.2. The van der Waals surface area contributed by atoms with Gasteiger partial charge < -0.3 is 17.6 Å². The topological polar surface area (TPSA) is 60.0 Å². The third kappa shape index (κ3) is 4.65. The average Bonchev–Trinajstić information content (AvgIpc) is 3.29. The molecule has 4 aliphatic rings. The number of nitrogens with zero attached hydrogens (tertiary/aromatic N) is 2. The molecule has 2 aromatic rings. The van der Waals surface area contributed by atoms with Crippen LogP contribution in [0.3, 0.4) is 0 Å². The summed E-state index contributed by atoms with van der Waals surface area (Å²) in [7, 11) is 0. The minimum atomic E-state index is -1.26. The number of anilines is 2. The Morgan fingerprint density at radius 3 is 2.62 bits per heavy atom. The van der Waals surface area contributed by atoms with Gasteiger partial charge in [-0.05, 0) is 60.6 Å². The van der Waals surface area contributed by atoms with E-state index < -0.39 is 22.0 Å². The Balaban J connectivity index is 1.32. The molecule has 39 heavy (non-hydrogen) atoms. The quantitative estimate of drug-likeness (QED) is 0.482. The minimum absolute atomic E-state index is 0.0740. The molecule has 0 aromatic heterocycles. The Morgan fingerprint density at radius 1 is 1.08 bits per heavy atom. The van der Waals surface area contributed by atoms with Gasteiger partial charge in [0.05, 0.1) is 5.69 Å². The first-order valence-electron chi connectivity index (χ1n) is 14.7. The van der Waals surface area contributed by atoms with Crippen molar-refractivity contribution in [1.29, 1.82) is 0 Å². The maximum Gasteiger partial charge on any atom is 0.651 e. The molecular formula is C31H40AlClN3O3-. The molecule has 208 valence electrons. The fourth-order valence-electron chi connectivity index (χ4n) is 7.40. The van der Waals surface area contributed by atoms with E-state index in [4.69, 9.17) is 19.2 Å². The molecule has 0 amide bonds. The molecule has 0 spiro atoms. The molecule has 7 atom stereocenters. The molecule has 8 heteroatoms. The molecule has 6 nitrogen and oxygen atoms in total. The SMILES string of the molecule is CCCCN1C(=CC2C([O-])C3C2[O][AlH][O]C2C3C(CCC)NN2c2ccccc2)C(C)(C)c2cc(Cl)ccc21. The number of halogens is 1. The number of benzene rings is 2. The summed E-state index contributed by atoms with van der Waals surface area (Å²) in [5.74, 6) is -0.137. The predicted octanol–water partition coefficient (Wildman–Crippen LogP) is 4.91. The number of hydrazine groups is 1. The van der Waals surface area contributed by atoms with Crippen LogP contribution in [0.1, 0.15) is 58.9 Å². The fourth-order valence-corrected chi connectivity index (χ4v) is 8.76. The summed E-state index contributed by atoms with van der Waals surface area (Å²) in [6.07, 6.45) is 5.56. The van der Waals surface area contributed by atoms with Crippen LogP contribution in [0.25, 0.3) is 0 Å². The number of para-hydroxylation sites is 1. The van der Waals surface area contributed by atoms with Crippen LogP contribution in [0.2, 0.25) is 5.02 Å². The normalized spacial score (nSPS) is 33.7. The Hall–Kier alpha value is -1.56. The highest BCUT2D eigenvalue weighted by Gasteiger charge is 2.58. The molecule has 3 heterocycles. The van der Waals surface area contributed by atoms with Gasteiger partial charge >= 0.3 is 15.9 Å². The van der Waals surface area contributed by atoms with E-state index in [-0.39, 0.29) is 41.5 Å². The number of hydrogen-bond donors (Lipinski definition) is 1. The second-order valence-electron chi connectivity index (χ2n) is 12.1. The van der Waals surface area contributed by atoms with E-state index in [1.54, 1.807) is 0 Å². The van der Waals surface area contributed by atoms with E-state index in [1.165, 1.54) is 16.9 Å². The van der Waals surface area contributed by atoms with E-state index >= 15 is 0 Å². The monoisotopic (exact) mass is 564 g/mol. The Bertz CT molecular complexity index is 1210. The number of hydrogen-bond acceptors (Lipinski definition) is 6. The highest BCUT2D eigenvalue weighted by molar-refractivity contribution is 6.30. The van der Waals surface area contributed by atoms with Crippen molar-refractivity contribution < 1.29 is 12.7 Å². The zero-order chi connectivity index (χ0) is 27.3. The Labute approximate surface area is 244 Å². The maximum absolute atomic E-state index is 14.2. The first-order chi connectivity index (χ1) is 18.9. The summed E-state index contributed by atoms with van der Waals surface area (Å²) in [5, 5.41) is 17.1. The summed E-state index contributed by atoms with van der Waals surface area (Å²) >= 11 is 5.19. The van der Waals surface area contributed by atoms with Gasteiger partial charge in [0.2, 0.25) is 0 Å². The van der Waals surface area contributed by atoms with E-state index in [9.17, 15) is 5.11 Å². The van der Waals surface area contributed by atoms with Gasteiger partial charge in [-0.25, -0.2) is 5.43 Å². The van der Waals surface area contributed by atoms with Crippen LogP contribution >= 0.6 is 11.6 Å². The average molecular weight is 565 g/mol. The van der Waals surface area contributed by atoms with Gasteiger partial charge in [-0.1, -0.05) is 76.4 Å². The summed E-state index contributed by atoms with van der Waals surface area (Å²) < 4.78 is 13.0. The molecule has 1 saturated carbocycles. The molecule has 1 N–H and O–H groups in total. The predicted molar refractivity (Wildman–Crippen MR) is 157 cm³/mol. The molecule has 3 aliphatic heterocycles. The lowest BCUT2D eigenvalue weighted by molar-refractivity contribution is -0.482. The van der Waals surface area contributed by atoms with Crippen molar-refractivity contribution in [3.05, 3.63) is 70.9 Å². The van der Waals surface area contributed by atoms with Crippen molar-refractivity contribution >= 4 is 38.9 Å². The first kappa shape index (κ1) is 27.6. The smallest absolute Gasteiger partial charge is 0.651 e. The van der Waals surface area contributed by atoms with E-state index in [2.05, 4.69) is 73.4 Å². The fraction of sp³-hybridized carbons (Fsp3) is 0.548. The lowest BCUT2D eigenvalue weighted by Gasteiger charge is -2.58. The van der Waals surface area contributed by atoms with Gasteiger partial charge in [0.25, 0.3) is 0 Å². The summed E-state index contributed by atoms with van der Waals surface area (Å²) in [6, 6.07) is 16.7. The third-order valence-electron chi connectivity index (χ3n) is 9.39. The second kappa shape index (κ2) is 11.0. The van der Waals surface area contributed by atoms with Crippen LogP contribution < -0.4 is 20.4 Å². The molecular weight excluding hydrogens is 525 g/mol. The molecule has 2 aromatic carbocycles. The summed E-state index contributed by atoms with van der Waals surface area (Å²) in [6.45, 7) is 9.88. The highest BCUT2D eigenvalue weighted by Crippen LogP contribution is 2.53. The molecule has 6 rings (SSSR count). The van der Waals surface area contributed by atoms with Crippen LogP contribution in [0.5, 0.6) is 0 Å². The zero-order valence-electron chi connectivity index (χ0n) is 23.5. The number of allylic oxidation sites excluding steroid dienone is 1. The number of rotatable bonds is 7. The lowest BCUT2D eigenvalue weighted by atomic mass is 9.60. The number of nitrogens with one attached hydrogen (secondary N) is 1. The van der Waals surface area contributed by atoms with Crippen molar-refractivity contribution in [2.45, 2.75) is 83.3 Å². The van der Waals surface area contributed by atoms with E-state index in [0.29, 0.717) is 0 Å². The van der Waals surface area contributed by atoms with Gasteiger partial charge in [0.1, 0.15) is 6.23 Å². The maximum atomic E-state index is 14.2. The van der Waals surface area contributed by atoms with Gasteiger partial charge in [0, 0.05) is 46.4 Å². The van der Waals surface area contributed by atoms with Crippen molar-refractivity contribution in [3.8, 4) is 0 Å². The van der Waals surface area contributed by atoms with Crippen LogP contribution in [-0.4, -0.2) is 46.9 Å².